The number of hydrogen-bond donors (Lipinski definition) is 1. The van der Waals surface area contributed by atoms with Crippen molar-refractivity contribution in [2.75, 3.05) is 0 Å². The van der Waals surface area contributed by atoms with Crippen LogP contribution in [0.15, 0.2) is 77.6 Å². The minimum atomic E-state index is -0.221. The van der Waals surface area contributed by atoms with Crippen LogP contribution < -0.4 is 5.56 Å². The number of hydrogen-bond acceptors (Lipinski definition) is 3. The molecule has 1 atom stereocenters. The van der Waals surface area contributed by atoms with Crippen molar-refractivity contribution in [1.82, 2.24) is 9.55 Å². The number of fused-ring (bicyclic) bond motifs is 1. The van der Waals surface area contributed by atoms with Gasteiger partial charge in [-0.05, 0) is 43.7 Å². The van der Waals surface area contributed by atoms with Gasteiger partial charge < -0.3 is 5.41 Å². The molecule has 4 rings (SSSR count). The second-order valence-corrected chi connectivity index (χ2v) is 8.90. The van der Waals surface area contributed by atoms with Gasteiger partial charge in [-0.3, -0.25) is 9.36 Å². The fourth-order valence-corrected chi connectivity index (χ4v) is 4.92. The number of aromatic nitrogens is 2. The third kappa shape index (κ3) is 6.92. The zero-order chi connectivity index (χ0) is 25.4. The molecule has 0 spiro atoms. The average molecular weight is 558 g/mol. The summed E-state index contributed by atoms with van der Waals surface area (Å²) in [5, 5.41) is 8.58. The Kier molecular flexibility index (Phi) is 12.0. The molecule has 1 aromatic heterocycles. The fourth-order valence-electron chi connectivity index (χ4n) is 4.92. The SMILES string of the molecule is C=C([CH-]CC)CC(=N)C1CCc2c(nc(C)n(C(c3ccccc3)c3ccccc3)c2=O)C1.CC.[Y]. The third-order valence-electron chi connectivity index (χ3n) is 6.55. The van der Waals surface area contributed by atoms with E-state index in [0.717, 1.165) is 40.8 Å². The van der Waals surface area contributed by atoms with Gasteiger partial charge in [0, 0.05) is 49.9 Å². The first-order valence-electron chi connectivity index (χ1n) is 12.8. The van der Waals surface area contributed by atoms with E-state index in [0.29, 0.717) is 30.8 Å². The Hall–Kier alpha value is -2.30. The first-order valence-corrected chi connectivity index (χ1v) is 12.8. The summed E-state index contributed by atoms with van der Waals surface area (Å²) in [6.45, 7) is 12.1. The van der Waals surface area contributed by atoms with Crippen molar-refractivity contribution >= 4 is 5.71 Å². The van der Waals surface area contributed by atoms with Gasteiger partial charge in [-0.1, -0.05) is 81.4 Å². The molecule has 2 aromatic carbocycles. The molecule has 1 unspecified atom stereocenters. The van der Waals surface area contributed by atoms with Gasteiger partial charge in [0.05, 0.1) is 11.7 Å². The normalized spacial score (nSPS) is 14.1. The Labute approximate surface area is 241 Å². The van der Waals surface area contributed by atoms with E-state index in [1.54, 1.807) is 0 Å². The molecule has 0 amide bonds. The molecule has 0 fully saturated rings. The number of nitrogens with one attached hydrogen (secondary N) is 1. The van der Waals surface area contributed by atoms with Crippen molar-refractivity contribution in [2.45, 2.75) is 65.8 Å². The van der Waals surface area contributed by atoms with Gasteiger partial charge in [-0.2, -0.15) is 0 Å². The molecule has 0 saturated carbocycles. The molecule has 0 bridgehead atoms. The maximum absolute atomic E-state index is 13.8. The first kappa shape index (κ1) is 29.9. The quantitative estimate of drug-likeness (QED) is 0.242. The fraction of sp³-hybridized carbons (Fsp3) is 0.355. The van der Waals surface area contributed by atoms with E-state index < -0.39 is 0 Å². The summed E-state index contributed by atoms with van der Waals surface area (Å²) in [5.74, 6) is 0.841. The Morgan fingerprint density at radius 2 is 1.67 bits per heavy atom. The molecule has 3 aromatic rings. The molecule has 1 aliphatic carbocycles. The minimum absolute atomic E-state index is 0. The minimum Gasteiger partial charge on any atom is -0.309 e. The zero-order valence-electron chi connectivity index (χ0n) is 22.1. The second kappa shape index (κ2) is 14.4. The van der Waals surface area contributed by atoms with Crippen LogP contribution in [0.2, 0.25) is 0 Å². The zero-order valence-corrected chi connectivity index (χ0v) is 25.0. The number of benzene rings is 2. The van der Waals surface area contributed by atoms with Crippen LogP contribution in [0.25, 0.3) is 0 Å². The molecule has 1 aliphatic rings. The maximum atomic E-state index is 13.8. The van der Waals surface area contributed by atoms with Gasteiger partial charge in [-0.15, -0.1) is 6.42 Å². The van der Waals surface area contributed by atoms with Gasteiger partial charge in [0.1, 0.15) is 5.82 Å². The summed E-state index contributed by atoms with van der Waals surface area (Å²) < 4.78 is 1.85. The summed E-state index contributed by atoms with van der Waals surface area (Å²) >= 11 is 0. The van der Waals surface area contributed by atoms with E-state index in [9.17, 15) is 4.79 Å². The van der Waals surface area contributed by atoms with Crippen molar-refractivity contribution in [3.8, 4) is 0 Å². The number of aryl methyl sites for hydroxylation is 1. The summed E-state index contributed by atoms with van der Waals surface area (Å²) in [6, 6.07) is 20.1. The molecule has 1 radical (unpaired) electrons. The van der Waals surface area contributed by atoms with Gasteiger partial charge in [0.2, 0.25) is 0 Å². The van der Waals surface area contributed by atoms with E-state index in [1.807, 2.05) is 61.7 Å². The second-order valence-electron chi connectivity index (χ2n) is 8.90. The topological polar surface area (TPSA) is 58.7 Å². The van der Waals surface area contributed by atoms with E-state index in [2.05, 4.69) is 44.2 Å². The van der Waals surface area contributed by atoms with Crippen LogP contribution in [0.1, 0.15) is 74.3 Å². The number of allylic oxidation sites excluding steroid dienone is 1. The molecule has 0 aliphatic heterocycles. The van der Waals surface area contributed by atoms with Crippen LogP contribution >= 0.6 is 0 Å². The monoisotopic (exact) mass is 557 g/mol. The van der Waals surface area contributed by atoms with Crippen LogP contribution in [0.3, 0.4) is 0 Å². The Balaban J connectivity index is 0.00000148. The van der Waals surface area contributed by atoms with Crippen molar-refractivity contribution < 1.29 is 32.7 Å². The van der Waals surface area contributed by atoms with E-state index in [4.69, 9.17) is 10.4 Å². The van der Waals surface area contributed by atoms with Crippen LogP contribution in [0.4, 0.5) is 0 Å². The summed E-state index contributed by atoms with van der Waals surface area (Å²) in [5.41, 5.74) is 5.55. The Morgan fingerprint density at radius 3 is 2.19 bits per heavy atom. The maximum Gasteiger partial charge on any atom is 0.257 e. The molecule has 1 heterocycles. The Morgan fingerprint density at radius 1 is 1.11 bits per heavy atom. The molecule has 187 valence electrons. The third-order valence-corrected chi connectivity index (χ3v) is 6.55. The predicted molar refractivity (Wildman–Crippen MR) is 146 cm³/mol. The number of rotatable bonds is 8. The largest absolute Gasteiger partial charge is 0.309 e. The standard InChI is InChI=1S/C29H32N3O.C2H6.Y/c1-4-11-20(2)18-26(30)24-16-17-25-27(19-24)31-21(3)32(29(25)33)28(22-12-7-5-8-13-22)23-14-9-6-10-15-23;1-2;/h5-15,24,28,30H,2,4,16-19H2,1,3H3;1-2H3;/q-1;;. The van der Waals surface area contributed by atoms with Crippen molar-refractivity contribution in [2.24, 2.45) is 5.92 Å². The van der Waals surface area contributed by atoms with Gasteiger partial charge in [-0.25, -0.2) is 23.6 Å². The van der Waals surface area contributed by atoms with Crippen molar-refractivity contribution in [1.29, 1.82) is 5.41 Å². The molecular formula is C31H38N3OY-. The Bertz CT molecular complexity index is 1160. The molecule has 0 saturated heterocycles. The van der Waals surface area contributed by atoms with Crippen LogP contribution in [-0.2, 0) is 45.6 Å². The van der Waals surface area contributed by atoms with Crippen LogP contribution in [-0.4, -0.2) is 15.3 Å². The van der Waals surface area contributed by atoms with E-state index >= 15 is 0 Å². The van der Waals surface area contributed by atoms with E-state index in [1.165, 1.54) is 0 Å². The van der Waals surface area contributed by atoms with Crippen LogP contribution in [0, 0.1) is 24.7 Å². The van der Waals surface area contributed by atoms with Gasteiger partial charge in [0.25, 0.3) is 5.56 Å². The summed E-state index contributed by atoms with van der Waals surface area (Å²) in [4.78, 5) is 18.7. The van der Waals surface area contributed by atoms with E-state index in [-0.39, 0.29) is 50.2 Å². The summed E-state index contributed by atoms with van der Waals surface area (Å²) in [7, 11) is 0. The van der Waals surface area contributed by atoms with Gasteiger partial charge >= 0.3 is 0 Å². The van der Waals surface area contributed by atoms with Crippen molar-refractivity contribution in [3.05, 3.63) is 118 Å². The molecule has 36 heavy (non-hydrogen) atoms. The molecule has 5 heteroatoms. The number of nitrogens with zero attached hydrogens (tertiary/aromatic N) is 2. The predicted octanol–water partition coefficient (Wildman–Crippen LogP) is 6.90. The average Bonchev–Trinajstić information content (AvgIpc) is 2.88. The summed E-state index contributed by atoms with van der Waals surface area (Å²) in [6.07, 6.45) is 5.75. The molecular weight excluding hydrogens is 519 g/mol. The smallest absolute Gasteiger partial charge is 0.257 e. The molecule has 4 nitrogen and oxygen atoms in total. The first-order chi connectivity index (χ1) is 17.0. The molecule has 1 N–H and O–H groups in total. The van der Waals surface area contributed by atoms with Crippen molar-refractivity contribution in [3.63, 3.8) is 0 Å². The van der Waals surface area contributed by atoms with Gasteiger partial charge in [0.15, 0.2) is 0 Å². The van der Waals surface area contributed by atoms with Crippen LogP contribution in [0.5, 0.6) is 0 Å².